The van der Waals surface area contributed by atoms with Crippen LogP contribution in [0.3, 0.4) is 0 Å². The summed E-state index contributed by atoms with van der Waals surface area (Å²) < 4.78 is 5.63. The third-order valence-corrected chi connectivity index (χ3v) is 8.06. The zero-order valence-corrected chi connectivity index (χ0v) is 21.0. The normalized spacial score (nSPS) is 18.7. The smallest absolute Gasteiger partial charge is 0.300 e. The van der Waals surface area contributed by atoms with E-state index in [-0.39, 0.29) is 0 Å². The van der Waals surface area contributed by atoms with E-state index in [1.54, 1.807) is 4.90 Å². The lowest BCUT2D eigenvalue weighted by Crippen LogP contribution is -2.42. The van der Waals surface area contributed by atoms with E-state index in [4.69, 9.17) is 4.74 Å². The Labute approximate surface area is 219 Å². The molecule has 1 amide bonds. The molecule has 1 N–H and O–H groups in total. The highest BCUT2D eigenvalue weighted by Crippen LogP contribution is 2.59. The molecule has 2 aliphatic heterocycles. The van der Waals surface area contributed by atoms with Gasteiger partial charge in [0.1, 0.15) is 5.75 Å². The van der Waals surface area contributed by atoms with Crippen molar-refractivity contribution in [3.05, 3.63) is 126 Å². The van der Waals surface area contributed by atoms with Gasteiger partial charge in [-0.3, -0.25) is 14.5 Å². The molecule has 1 fully saturated rings. The number of para-hydroxylation sites is 1. The first kappa shape index (κ1) is 23.1. The van der Waals surface area contributed by atoms with Crippen molar-refractivity contribution in [1.29, 1.82) is 0 Å². The first-order valence-electron chi connectivity index (χ1n) is 12.2. The standard InChI is InChI=1S/C31H24N2O3S/c1-2-36-24-19-17-23(18-20-24)33-30(35)29(34)27-28(21-11-5-3-6-12-21)32-25-15-9-10-16-26(25)37-31(27,33)22-13-7-4-8-14-22/h3-20,32H,2H2,1H3/t31-/m0/s1. The van der Waals surface area contributed by atoms with E-state index < -0.39 is 16.6 Å². The zero-order chi connectivity index (χ0) is 25.4. The number of thioether (sulfide) groups is 1. The lowest BCUT2D eigenvalue weighted by molar-refractivity contribution is -0.132. The molecule has 182 valence electrons. The number of ketones is 1. The van der Waals surface area contributed by atoms with Crippen LogP contribution in [0.4, 0.5) is 11.4 Å². The van der Waals surface area contributed by atoms with Gasteiger partial charge in [-0.15, -0.1) is 0 Å². The van der Waals surface area contributed by atoms with Crippen LogP contribution < -0.4 is 15.0 Å². The molecule has 4 aromatic rings. The van der Waals surface area contributed by atoms with Crippen molar-refractivity contribution in [3.8, 4) is 5.75 Å². The average molecular weight is 505 g/mol. The molecule has 5 nitrogen and oxygen atoms in total. The number of rotatable bonds is 5. The molecule has 2 heterocycles. The summed E-state index contributed by atoms with van der Waals surface area (Å²) in [6.07, 6.45) is 0. The summed E-state index contributed by atoms with van der Waals surface area (Å²) in [5, 5.41) is 3.53. The fraction of sp³-hybridized carbons (Fsp3) is 0.0968. The number of Topliss-reactive ketones (excluding diaryl/α,β-unsaturated/α-hetero) is 1. The number of benzene rings is 4. The summed E-state index contributed by atoms with van der Waals surface area (Å²) in [5.41, 5.74) is 4.24. The second kappa shape index (κ2) is 9.30. The molecule has 0 aliphatic carbocycles. The van der Waals surface area contributed by atoms with E-state index in [0.29, 0.717) is 29.3 Å². The molecule has 6 rings (SSSR count). The first-order valence-corrected chi connectivity index (χ1v) is 13.0. The molecule has 6 heteroatoms. The first-order chi connectivity index (χ1) is 18.1. The van der Waals surface area contributed by atoms with Gasteiger partial charge in [0.25, 0.3) is 5.78 Å². The van der Waals surface area contributed by atoms with Crippen molar-refractivity contribution in [2.24, 2.45) is 0 Å². The lowest BCUT2D eigenvalue weighted by atomic mass is 9.93. The Hall–Kier alpha value is -4.29. The molecule has 37 heavy (non-hydrogen) atoms. The predicted molar refractivity (Wildman–Crippen MR) is 148 cm³/mol. The Balaban J connectivity index is 1.69. The summed E-state index contributed by atoms with van der Waals surface area (Å²) in [6, 6.07) is 34.8. The van der Waals surface area contributed by atoms with Gasteiger partial charge in [0, 0.05) is 10.6 Å². The van der Waals surface area contributed by atoms with E-state index in [1.807, 2.05) is 116 Å². The van der Waals surface area contributed by atoms with Crippen LogP contribution in [-0.4, -0.2) is 18.3 Å². The highest BCUT2D eigenvalue weighted by molar-refractivity contribution is 8.01. The largest absolute Gasteiger partial charge is 0.494 e. The SMILES string of the molecule is CCOc1ccc(N2C(=O)C(=O)C3=C(c4ccccc4)Nc4ccccc4S[C@@]32c2ccccc2)cc1. The van der Waals surface area contributed by atoms with Crippen LogP contribution in [0, 0.1) is 0 Å². The fourth-order valence-electron chi connectivity index (χ4n) is 4.99. The maximum atomic E-state index is 14.0. The van der Waals surface area contributed by atoms with Gasteiger partial charge in [-0.05, 0) is 54.4 Å². The van der Waals surface area contributed by atoms with E-state index >= 15 is 0 Å². The molecule has 0 radical (unpaired) electrons. The lowest BCUT2D eigenvalue weighted by Gasteiger charge is -2.38. The van der Waals surface area contributed by atoms with Crippen molar-refractivity contribution in [2.75, 3.05) is 16.8 Å². The minimum Gasteiger partial charge on any atom is -0.494 e. The summed E-state index contributed by atoms with van der Waals surface area (Å²) in [4.78, 5) is 29.4. The number of anilines is 2. The zero-order valence-electron chi connectivity index (χ0n) is 20.2. The summed E-state index contributed by atoms with van der Waals surface area (Å²) in [7, 11) is 0. The number of fused-ring (bicyclic) bond motifs is 2. The van der Waals surface area contributed by atoms with Gasteiger partial charge < -0.3 is 10.1 Å². The van der Waals surface area contributed by atoms with Crippen molar-refractivity contribution >= 4 is 40.5 Å². The Kier molecular flexibility index (Phi) is 5.81. The minimum atomic E-state index is -1.13. The van der Waals surface area contributed by atoms with Crippen LogP contribution in [0.5, 0.6) is 5.75 Å². The Bertz CT molecular complexity index is 1520. The van der Waals surface area contributed by atoms with E-state index in [2.05, 4.69) is 5.32 Å². The Morgan fingerprint density at radius 1 is 0.811 bits per heavy atom. The van der Waals surface area contributed by atoms with E-state index in [9.17, 15) is 9.59 Å². The monoisotopic (exact) mass is 504 g/mol. The van der Waals surface area contributed by atoms with Gasteiger partial charge in [-0.1, -0.05) is 84.6 Å². The molecular weight excluding hydrogens is 480 g/mol. The van der Waals surface area contributed by atoms with Crippen molar-refractivity contribution in [1.82, 2.24) is 0 Å². The van der Waals surface area contributed by atoms with Crippen molar-refractivity contribution in [2.45, 2.75) is 16.7 Å². The van der Waals surface area contributed by atoms with Crippen LogP contribution in [0.15, 0.2) is 120 Å². The maximum absolute atomic E-state index is 14.0. The van der Waals surface area contributed by atoms with E-state index in [0.717, 1.165) is 21.7 Å². The summed E-state index contributed by atoms with van der Waals surface area (Å²) in [5.74, 6) is -0.381. The number of hydrogen-bond donors (Lipinski definition) is 1. The third kappa shape index (κ3) is 3.72. The summed E-state index contributed by atoms with van der Waals surface area (Å²) >= 11 is 1.50. The van der Waals surface area contributed by atoms with Gasteiger partial charge in [-0.25, -0.2) is 0 Å². The van der Waals surface area contributed by atoms with Crippen LogP contribution in [0.1, 0.15) is 18.1 Å². The molecule has 2 aliphatic rings. The van der Waals surface area contributed by atoms with Crippen LogP contribution in [0.2, 0.25) is 0 Å². The van der Waals surface area contributed by atoms with Crippen LogP contribution in [0.25, 0.3) is 5.70 Å². The molecule has 1 atom stereocenters. The fourth-order valence-corrected chi connectivity index (χ4v) is 6.51. The average Bonchev–Trinajstić information content (AvgIpc) is 3.07. The highest BCUT2D eigenvalue weighted by atomic mass is 32.2. The predicted octanol–water partition coefficient (Wildman–Crippen LogP) is 6.48. The van der Waals surface area contributed by atoms with Gasteiger partial charge in [0.15, 0.2) is 4.87 Å². The van der Waals surface area contributed by atoms with E-state index in [1.165, 1.54) is 11.8 Å². The maximum Gasteiger partial charge on any atom is 0.300 e. The molecule has 4 aromatic carbocycles. The highest BCUT2D eigenvalue weighted by Gasteiger charge is 2.59. The molecule has 0 saturated carbocycles. The van der Waals surface area contributed by atoms with Crippen molar-refractivity contribution in [3.63, 3.8) is 0 Å². The quantitative estimate of drug-likeness (QED) is 0.315. The molecule has 0 spiro atoms. The third-order valence-electron chi connectivity index (χ3n) is 6.57. The number of nitrogens with zero attached hydrogens (tertiary/aromatic N) is 1. The number of ether oxygens (including phenoxy) is 1. The van der Waals surface area contributed by atoms with Gasteiger partial charge in [0.2, 0.25) is 0 Å². The Morgan fingerprint density at radius 2 is 1.46 bits per heavy atom. The van der Waals surface area contributed by atoms with Gasteiger partial charge in [-0.2, -0.15) is 0 Å². The second-order valence-corrected chi connectivity index (χ2v) is 9.98. The van der Waals surface area contributed by atoms with Crippen molar-refractivity contribution < 1.29 is 14.3 Å². The minimum absolute atomic E-state index is 0.421. The second-order valence-electron chi connectivity index (χ2n) is 8.75. The molecular formula is C31H24N2O3S. The molecule has 0 unspecified atom stereocenters. The summed E-state index contributed by atoms with van der Waals surface area (Å²) in [6.45, 7) is 2.47. The number of nitrogens with one attached hydrogen (secondary N) is 1. The van der Waals surface area contributed by atoms with Crippen LogP contribution >= 0.6 is 11.8 Å². The molecule has 0 bridgehead atoms. The Morgan fingerprint density at radius 3 is 2.16 bits per heavy atom. The van der Waals surface area contributed by atoms with Crippen LogP contribution in [-0.2, 0) is 14.5 Å². The molecule has 0 aromatic heterocycles. The topological polar surface area (TPSA) is 58.6 Å². The number of hydrogen-bond acceptors (Lipinski definition) is 5. The number of carbonyl (C=O) groups is 2. The van der Waals surface area contributed by atoms with Gasteiger partial charge in [0.05, 0.1) is 23.6 Å². The number of carbonyl (C=O) groups excluding carboxylic acids is 2. The molecule has 1 saturated heterocycles. The van der Waals surface area contributed by atoms with Gasteiger partial charge >= 0.3 is 5.91 Å². The number of amides is 1.